The van der Waals surface area contributed by atoms with Gasteiger partial charge in [-0.05, 0) is 48.9 Å². The highest BCUT2D eigenvalue weighted by molar-refractivity contribution is 5.80. The van der Waals surface area contributed by atoms with Gasteiger partial charge in [0.25, 0.3) is 0 Å². The van der Waals surface area contributed by atoms with Gasteiger partial charge < -0.3 is 10.2 Å². The number of benzene rings is 1. The molecule has 4 heteroatoms. The Kier molecular flexibility index (Phi) is 6.00. The molecule has 0 amide bonds. The van der Waals surface area contributed by atoms with Crippen molar-refractivity contribution in [1.82, 2.24) is 15.1 Å². The van der Waals surface area contributed by atoms with Crippen LogP contribution < -0.4 is 5.32 Å². The van der Waals surface area contributed by atoms with E-state index in [4.69, 9.17) is 0 Å². The second-order valence-electron chi connectivity index (χ2n) is 7.71. The minimum absolute atomic E-state index is 0.612. The Morgan fingerprint density at radius 1 is 1.20 bits per heavy atom. The molecule has 0 bridgehead atoms. The van der Waals surface area contributed by atoms with Gasteiger partial charge in [-0.1, -0.05) is 44.5 Å². The van der Waals surface area contributed by atoms with Gasteiger partial charge in [-0.15, -0.1) is 0 Å². The molecule has 25 heavy (non-hydrogen) atoms. The van der Waals surface area contributed by atoms with E-state index >= 15 is 0 Å². The summed E-state index contributed by atoms with van der Waals surface area (Å²) in [4.78, 5) is 9.44. The molecule has 1 aliphatic carbocycles. The minimum Gasteiger partial charge on any atom is -0.352 e. The zero-order valence-corrected chi connectivity index (χ0v) is 16.2. The van der Waals surface area contributed by atoms with Crippen LogP contribution in [0.3, 0.4) is 0 Å². The Labute approximate surface area is 153 Å². The Morgan fingerprint density at radius 3 is 2.56 bits per heavy atom. The summed E-state index contributed by atoms with van der Waals surface area (Å²) in [6.07, 6.45) is 5.58. The van der Waals surface area contributed by atoms with Crippen molar-refractivity contribution in [3.8, 4) is 0 Å². The summed E-state index contributed by atoms with van der Waals surface area (Å²) in [5.74, 6) is 1.07. The van der Waals surface area contributed by atoms with E-state index in [0.29, 0.717) is 5.41 Å². The van der Waals surface area contributed by atoms with Crippen molar-refractivity contribution in [3.63, 3.8) is 0 Å². The molecule has 2 fully saturated rings. The maximum absolute atomic E-state index is 4.53. The Bertz CT molecular complexity index is 587. The topological polar surface area (TPSA) is 30.9 Å². The molecule has 2 aliphatic rings. The molecule has 1 saturated carbocycles. The molecular weight excluding hydrogens is 308 g/mol. The molecule has 0 unspecified atom stereocenters. The highest BCUT2D eigenvalue weighted by Crippen LogP contribution is 2.47. The van der Waals surface area contributed by atoms with Gasteiger partial charge in [0, 0.05) is 33.2 Å². The fourth-order valence-corrected chi connectivity index (χ4v) is 4.26. The van der Waals surface area contributed by atoms with E-state index in [1.54, 1.807) is 0 Å². The van der Waals surface area contributed by atoms with Crippen LogP contribution in [0.5, 0.6) is 0 Å². The summed E-state index contributed by atoms with van der Waals surface area (Å²) in [5, 5.41) is 3.58. The second kappa shape index (κ2) is 8.22. The van der Waals surface area contributed by atoms with E-state index in [2.05, 4.69) is 58.2 Å². The normalized spacial score (nSPS) is 19.5. The van der Waals surface area contributed by atoms with Gasteiger partial charge in [0.2, 0.25) is 0 Å². The number of aliphatic imine (C=N–C) groups is 1. The first-order valence-electron chi connectivity index (χ1n) is 9.94. The fraction of sp³-hybridized carbons (Fsp3) is 0.667. The van der Waals surface area contributed by atoms with E-state index in [9.17, 15) is 0 Å². The third-order valence-electron chi connectivity index (χ3n) is 6.11. The molecule has 1 spiro atoms. The predicted octanol–water partition coefficient (Wildman–Crippen LogP) is 3.48. The molecule has 138 valence electrons. The fourth-order valence-electron chi connectivity index (χ4n) is 4.26. The van der Waals surface area contributed by atoms with E-state index in [1.165, 1.54) is 43.4 Å². The molecule has 3 rings (SSSR count). The Balaban J connectivity index is 1.55. The van der Waals surface area contributed by atoms with E-state index in [1.807, 2.05) is 7.05 Å². The summed E-state index contributed by atoms with van der Waals surface area (Å²) in [5.41, 5.74) is 3.34. The zero-order valence-electron chi connectivity index (χ0n) is 16.2. The van der Waals surface area contributed by atoms with Crippen molar-refractivity contribution in [1.29, 1.82) is 0 Å². The summed E-state index contributed by atoms with van der Waals surface area (Å²) in [7, 11) is 1.91. The second-order valence-corrected chi connectivity index (χ2v) is 7.71. The largest absolute Gasteiger partial charge is 0.352 e. The molecule has 1 saturated heterocycles. The lowest BCUT2D eigenvalue weighted by molar-refractivity contribution is 0.151. The summed E-state index contributed by atoms with van der Waals surface area (Å²) < 4.78 is 0. The average Bonchev–Trinajstić information content (AvgIpc) is 3.07. The smallest absolute Gasteiger partial charge is 0.193 e. The van der Waals surface area contributed by atoms with Gasteiger partial charge in [-0.3, -0.25) is 9.89 Å². The molecule has 0 aromatic heterocycles. The van der Waals surface area contributed by atoms with Gasteiger partial charge >= 0.3 is 0 Å². The van der Waals surface area contributed by atoms with Crippen molar-refractivity contribution in [2.24, 2.45) is 10.4 Å². The Morgan fingerprint density at radius 2 is 1.96 bits per heavy atom. The van der Waals surface area contributed by atoms with E-state index < -0.39 is 0 Å². The SMILES string of the molecule is CCN(CC)Cc1cccc(CNC(=NC)N2CCC3(CCC3)C2)c1. The number of rotatable bonds is 6. The third-order valence-corrected chi connectivity index (χ3v) is 6.11. The van der Waals surface area contributed by atoms with Crippen LogP contribution in [0.4, 0.5) is 0 Å². The van der Waals surface area contributed by atoms with Gasteiger partial charge in [0.05, 0.1) is 0 Å². The molecule has 0 atom stereocenters. The monoisotopic (exact) mass is 342 g/mol. The number of guanidine groups is 1. The molecule has 0 radical (unpaired) electrons. The van der Waals surface area contributed by atoms with Crippen molar-refractivity contribution in [2.45, 2.75) is 52.6 Å². The number of hydrogen-bond donors (Lipinski definition) is 1. The Hall–Kier alpha value is -1.55. The summed E-state index contributed by atoms with van der Waals surface area (Å²) in [6, 6.07) is 8.95. The van der Waals surface area contributed by atoms with Crippen LogP contribution in [0.25, 0.3) is 0 Å². The maximum Gasteiger partial charge on any atom is 0.193 e. The van der Waals surface area contributed by atoms with Crippen LogP contribution in [-0.4, -0.2) is 49.0 Å². The van der Waals surface area contributed by atoms with Crippen LogP contribution >= 0.6 is 0 Å². The highest BCUT2D eigenvalue weighted by Gasteiger charge is 2.43. The first kappa shape index (κ1) is 18.2. The lowest BCUT2D eigenvalue weighted by atomic mass is 9.68. The number of likely N-dealkylation sites (tertiary alicyclic amines) is 1. The molecule has 1 aromatic rings. The van der Waals surface area contributed by atoms with Gasteiger partial charge in [0.1, 0.15) is 0 Å². The zero-order chi connectivity index (χ0) is 17.7. The molecular formula is C21H34N4. The van der Waals surface area contributed by atoms with Crippen LogP contribution in [0.2, 0.25) is 0 Å². The number of nitrogens with zero attached hydrogens (tertiary/aromatic N) is 3. The van der Waals surface area contributed by atoms with Crippen LogP contribution in [0.15, 0.2) is 29.3 Å². The first-order chi connectivity index (χ1) is 12.2. The van der Waals surface area contributed by atoms with Crippen molar-refractivity contribution in [2.75, 3.05) is 33.2 Å². The molecule has 1 N–H and O–H groups in total. The van der Waals surface area contributed by atoms with Gasteiger partial charge in [0.15, 0.2) is 5.96 Å². The van der Waals surface area contributed by atoms with Crippen LogP contribution in [-0.2, 0) is 13.1 Å². The van der Waals surface area contributed by atoms with Crippen LogP contribution in [0.1, 0.15) is 50.7 Å². The van der Waals surface area contributed by atoms with Crippen molar-refractivity contribution < 1.29 is 0 Å². The van der Waals surface area contributed by atoms with Gasteiger partial charge in [-0.25, -0.2) is 0 Å². The average molecular weight is 343 g/mol. The van der Waals surface area contributed by atoms with Crippen molar-refractivity contribution in [3.05, 3.63) is 35.4 Å². The molecule has 1 aliphatic heterocycles. The summed E-state index contributed by atoms with van der Waals surface area (Å²) in [6.45, 7) is 10.9. The predicted molar refractivity (Wildman–Crippen MR) is 106 cm³/mol. The lowest BCUT2D eigenvalue weighted by Crippen LogP contribution is -2.42. The highest BCUT2D eigenvalue weighted by atomic mass is 15.3. The standard InChI is InChI=1S/C21H34N4/c1-4-24(5-2)16-19-9-6-8-18(14-19)15-23-20(22-3)25-13-12-21(17-25)10-7-11-21/h6,8-9,14H,4-5,7,10-13,15-17H2,1-3H3,(H,22,23). The quantitative estimate of drug-likeness (QED) is 0.634. The van der Waals surface area contributed by atoms with E-state index in [-0.39, 0.29) is 0 Å². The van der Waals surface area contributed by atoms with Crippen LogP contribution in [0, 0.1) is 5.41 Å². The van der Waals surface area contributed by atoms with Crippen molar-refractivity contribution >= 4 is 5.96 Å². The molecule has 4 nitrogen and oxygen atoms in total. The molecule has 1 aromatic carbocycles. The third kappa shape index (κ3) is 4.35. The number of nitrogens with one attached hydrogen (secondary N) is 1. The first-order valence-corrected chi connectivity index (χ1v) is 9.94. The minimum atomic E-state index is 0.612. The van der Waals surface area contributed by atoms with Gasteiger partial charge in [-0.2, -0.15) is 0 Å². The summed E-state index contributed by atoms with van der Waals surface area (Å²) >= 11 is 0. The van der Waals surface area contributed by atoms with E-state index in [0.717, 1.165) is 38.7 Å². The molecule has 1 heterocycles. The lowest BCUT2D eigenvalue weighted by Gasteiger charge is -2.38. The maximum atomic E-state index is 4.53. The number of hydrogen-bond acceptors (Lipinski definition) is 2.